The molecule has 4 aliphatic heterocycles. The summed E-state index contributed by atoms with van der Waals surface area (Å²) in [6.07, 6.45) is 3.11. The van der Waals surface area contributed by atoms with Crippen LogP contribution in [-0.4, -0.2) is 144 Å². The van der Waals surface area contributed by atoms with Gasteiger partial charge < -0.3 is 44.3 Å². The van der Waals surface area contributed by atoms with E-state index in [4.69, 9.17) is 41.0 Å². The number of allylic oxidation sites excluding steroid dienone is 3. The molecule has 1 aromatic carbocycles. The molecular weight excluding hydrogens is 910 g/mol. The van der Waals surface area contributed by atoms with Crippen LogP contribution in [0, 0.1) is 17.8 Å². The lowest BCUT2D eigenvalue weighted by molar-refractivity contribution is -0.162. The van der Waals surface area contributed by atoms with Crippen molar-refractivity contribution in [2.24, 2.45) is 23.5 Å². The number of aliphatic hydroxyl groups is 1. The summed E-state index contributed by atoms with van der Waals surface area (Å²) in [5.74, 6) is -2.71. The average Bonchev–Trinajstić information content (AvgIpc) is 3.91. The van der Waals surface area contributed by atoms with Crippen LogP contribution in [0.4, 0.5) is 10.5 Å². The Hall–Kier alpha value is -4.69. The number of thioether (sulfide) groups is 1. The van der Waals surface area contributed by atoms with Gasteiger partial charge in [-0.3, -0.25) is 34.2 Å². The Kier molecular flexibility index (Phi) is 16.4. The van der Waals surface area contributed by atoms with Gasteiger partial charge in [-0.15, -0.1) is 11.8 Å². The normalized spacial score (nSPS) is 33.1. The monoisotopic (exact) mass is 973 g/mol. The number of esters is 1. The molecule has 1 unspecified atom stereocenters. The quantitative estimate of drug-likeness (QED) is 0.152. The third-order valence-corrected chi connectivity index (χ3v) is 15.6. The van der Waals surface area contributed by atoms with Crippen LogP contribution in [0.15, 0.2) is 35.9 Å². The topological polar surface area (TPSA) is 237 Å². The Balaban J connectivity index is 1.16. The Morgan fingerprint density at radius 3 is 2.46 bits per heavy atom. The Morgan fingerprint density at radius 1 is 1.10 bits per heavy atom. The zero-order valence-electron chi connectivity index (χ0n) is 39.4. The number of ether oxygens (including phenoxy) is 5. The number of nitrogens with two attached hydrogens (primary N) is 1. The second-order valence-electron chi connectivity index (χ2n) is 18.7. The number of benzene rings is 1. The molecule has 1 saturated carbocycles. The first-order valence-corrected chi connectivity index (χ1v) is 24.1. The van der Waals surface area contributed by atoms with Gasteiger partial charge in [0.15, 0.2) is 5.72 Å². The fourth-order valence-corrected chi connectivity index (χ4v) is 11.0. The molecule has 0 spiro atoms. The SMILES string of the molecule is COc1cc2cc(c1Cl)N(C)C(=O)C[C@H](OC(=O)[C@H](C)N(C)C(=O)CCSC1CC(=O)N(CC3CCC(C(N)=O)CC3)C1=O)[C@]1(C)O[C@H]1[C@H](C)[C@@H]1C[C@@](O)(NC(=O)O1)[C@H](OC)/C=C\C=C(\C)C2. The number of methoxy groups -OCH3 is 2. The van der Waals surface area contributed by atoms with Gasteiger partial charge >= 0.3 is 12.1 Å². The predicted molar refractivity (Wildman–Crippen MR) is 248 cm³/mol. The van der Waals surface area contributed by atoms with Gasteiger partial charge in [0.25, 0.3) is 0 Å². The first kappa shape index (κ1) is 51.7. The van der Waals surface area contributed by atoms with E-state index in [9.17, 15) is 38.7 Å². The number of alkyl carbamates (subject to hydrolysis) is 1. The molecular formula is C47H64ClN5O13S. The van der Waals surface area contributed by atoms with E-state index >= 15 is 0 Å². The van der Waals surface area contributed by atoms with Crippen molar-refractivity contribution < 1.29 is 62.4 Å². The van der Waals surface area contributed by atoms with E-state index in [0.717, 1.165) is 11.1 Å². The number of likely N-dealkylation sites (N-methyl/N-ethyl adjacent to an activating group) is 1. The van der Waals surface area contributed by atoms with E-state index in [1.54, 1.807) is 45.2 Å². The van der Waals surface area contributed by atoms with Gasteiger partial charge in [-0.05, 0) is 76.5 Å². The highest BCUT2D eigenvalue weighted by atomic mass is 35.5. The van der Waals surface area contributed by atoms with Crippen molar-refractivity contribution in [1.29, 1.82) is 0 Å². The molecule has 0 aromatic heterocycles. The number of likely N-dealkylation sites (tertiary alicyclic amines) is 1. The lowest BCUT2D eigenvalue weighted by Crippen LogP contribution is -2.63. The molecule has 1 aliphatic carbocycles. The van der Waals surface area contributed by atoms with Gasteiger partial charge in [0.2, 0.25) is 29.5 Å². The van der Waals surface area contributed by atoms with Crippen molar-refractivity contribution in [1.82, 2.24) is 15.1 Å². The number of halogens is 1. The maximum atomic E-state index is 14.3. The Morgan fingerprint density at radius 2 is 1.81 bits per heavy atom. The zero-order valence-corrected chi connectivity index (χ0v) is 41.0. The highest BCUT2D eigenvalue weighted by Gasteiger charge is 2.64. The summed E-state index contributed by atoms with van der Waals surface area (Å²) in [7, 11) is 5.89. The average molecular weight is 975 g/mol. The second kappa shape index (κ2) is 21.3. The number of amides is 6. The number of epoxide rings is 1. The third kappa shape index (κ3) is 11.6. The van der Waals surface area contributed by atoms with E-state index in [-0.39, 0.29) is 66.0 Å². The molecule has 368 valence electrons. The van der Waals surface area contributed by atoms with E-state index in [0.29, 0.717) is 50.1 Å². The molecule has 3 saturated heterocycles. The standard InChI is InChI=1S/C47H64ClN5O13S/c1-25-10-9-11-35(63-8)47(61)23-33(64-45(60)50-47)26(2)41-46(4,66-41)36(22-38(55)52(6)31-19-29(18-25)20-32(62-7)40(31)48)65-44(59)27(3)51(5)37(54)16-17-67-34-21-39(56)53(43(34)58)24-28-12-14-30(15-13-28)42(49)57/h9-11,19-20,26-28,30,33-36,41,61H,12-18,21-24H2,1-8H3,(H2,49,57)(H,50,60)/b11-9-,25-10-/t26-,27+,28?,30?,33+,34?,35-,36+,41+,46+,47+/m1/s1. The Labute approximate surface area is 400 Å². The smallest absolute Gasteiger partial charge is 0.409 e. The molecule has 4 fully saturated rings. The van der Waals surface area contributed by atoms with Crippen molar-refractivity contribution in [2.75, 3.05) is 45.5 Å². The lowest BCUT2D eigenvalue weighted by Gasteiger charge is -2.42. The number of carbonyl (C=O) groups is 7. The summed E-state index contributed by atoms with van der Waals surface area (Å²) in [6, 6.07) is 2.42. The summed E-state index contributed by atoms with van der Waals surface area (Å²) in [4.78, 5) is 96.5. The molecule has 67 heavy (non-hydrogen) atoms. The number of hydrogen-bond acceptors (Lipinski definition) is 14. The number of imide groups is 1. The molecule has 0 radical (unpaired) electrons. The second-order valence-corrected chi connectivity index (χ2v) is 20.4. The first-order valence-electron chi connectivity index (χ1n) is 22.7. The molecule has 20 heteroatoms. The van der Waals surface area contributed by atoms with Gasteiger partial charge in [-0.1, -0.05) is 42.3 Å². The van der Waals surface area contributed by atoms with Crippen LogP contribution in [0.1, 0.15) is 84.6 Å². The summed E-state index contributed by atoms with van der Waals surface area (Å²) in [5.41, 5.74) is 4.31. The molecule has 6 amide bonds. The number of primary amides is 1. The molecule has 1 aromatic rings. The van der Waals surface area contributed by atoms with Crippen molar-refractivity contribution in [3.63, 3.8) is 0 Å². The molecule has 18 nitrogen and oxygen atoms in total. The minimum absolute atomic E-state index is 0.0246. The molecule has 4 heterocycles. The summed E-state index contributed by atoms with van der Waals surface area (Å²) < 4.78 is 29.4. The number of nitrogens with one attached hydrogen (secondary N) is 1. The highest BCUT2D eigenvalue weighted by molar-refractivity contribution is 8.00. The van der Waals surface area contributed by atoms with Gasteiger partial charge in [0, 0.05) is 64.6 Å². The van der Waals surface area contributed by atoms with Gasteiger partial charge in [0.1, 0.15) is 40.7 Å². The van der Waals surface area contributed by atoms with E-state index in [2.05, 4.69) is 5.32 Å². The van der Waals surface area contributed by atoms with Crippen LogP contribution >= 0.6 is 23.4 Å². The van der Waals surface area contributed by atoms with Crippen LogP contribution in [0.2, 0.25) is 5.02 Å². The molecule has 9 atom stereocenters. The maximum absolute atomic E-state index is 14.3. The van der Waals surface area contributed by atoms with Crippen molar-refractivity contribution in [3.8, 4) is 5.75 Å². The van der Waals surface area contributed by atoms with Crippen LogP contribution in [0.25, 0.3) is 0 Å². The van der Waals surface area contributed by atoms with E-state index in [1.165, 1.54) is 54.7 Å². The molecule has 6 rings (SSSR count). The number of nitrogens with zero attached hydrogens (tertiary/aromatic N) is 3. The lowest BCUT2D eigenvalue weighted by atomic mass is 9.81. The predicted octanol–water partition coefficient (Wildman–Crippen LogP) is 4.06. The summed E-state index contributed by atoms with van der Waals surface area (Å²) >= 11 is 8.02. The summed E-state index contributed by atoms with van der Waals surface area (Å²) in [6.45, 7) is 7.16. The maximum Gasteiger partial charge on any atom is 0.409 e. The van der Waals surface area contributed by atoms with E-state index in [1.807, 2.05) is 13.0 Å². The minimum atomic E-state index is -1.87. The van der Waals surface area contributed by atoms with Crippen molar-refractivity contribution in [2.45, 2.75) is 133 Å². The van der Waals surface area contributed by atoms with Gasteiger partial charge in [-0.2, -0.15) is 0 Å². The number of anilines is 1. The number of carbonyl (C=O) groups excluding carboxylic acids is 7. The third-order valence-electron chi connectivity index (χ3n) is 14.1. The van der Waals surface area contributed by atoms with Gasteiger partial charge in [-0.25, -0.2) is 9.59 Å². The van der Waals surface area contributed by atoms with Crippen LogP contribution in [0.3, 0.4) is 0 Å². The van der Waals surface area contributed by atoms with Crippen LogP contribution in [-0.2, 0) is 54.1 Å². The van der Waals surface area contributed by atoms with Crippen molar-refractivity contribution >= 4 is 70.6 Å². The van der Waals surface area contributed by atoms with E-state index < -0.39 is 76.8 Å². The van der Waals surface area contributed by atoms with Crippen LogP contribution in [0.5, 0.6) is 5.75 Å². The number of hydrogen-bond donors (Lipinski definition) is 3. The fraction of sp³-hybridized carbons (Fsp3) is 0.638. The molecule has 4 bridgehead atoms. The summed E-state index contributed by atoms with van der Waals surface area (Å²) in [5, 5.41) is 13.9. The van der Waals surface area contributed by atoms with Gasteiger partial charge in [0.05, 0.1) is 30.6 Å². The van der Waals surface area contributed by atoms with Crippen molar-refractivity contribution in [3.05, 3.63) is 46.5 Å². The Bertz CT molecular complexity index is 2170. The number of fused-ring (bicyclic) bond motifs is 5. The molecule has 5 aliphatic rings. The largest absolute Gasteiger partial charge is 0.495 e. The first-order chi connectivity index (χ1) is 31.6. The zero-order chi connectivity index (χ0) is 49.1. The number of rotatable bonds is 12. The highest BCUT2D eigenvalue weighted by Crippen LogP contribution is 2.49. The fourth-order valence-electron chi connectivity index (χ4n) is 9.55. The minimum Gasteiger partial charge on any atom is -0.495 e. The molecule has 4 N–H and O–H groups in total. The van der Waals surface area contributed by atoms with Crippen LogP contribution < -0.4 is 20.7 Å².